The smallest absolute Gasteiger partial charge is 0.243 e. The number of primary amides is 1. The van der Waals surface area contributed by atoms with Crippen molar-refractivity contribution in [3.8, 4) is 0 Å². The summed E-state index contributed by atoms with van der Waals surface area (Å²) in [5.74, 6) is -0.185. The van der Waals surface area contributed by atoms with Gasteiger partial charge in [-0.3, -0.25) is 14.6 Å². The SMILES string of the molecule is NC(=O)C1(NC(=O)CNCCc2c[nH]c3ccccc23)CCC2=NC3=CC=CCC3C2C1. The maximum absolute atomic E-state index is 12.7. The first-order valence-corrected chi connectivity index (χ1v) is 11.4. The average Bonchev–Trinajstić information content (AvgIpc) is 3.37. The first-order chi connectivity index (χ1) is 15.6. The van der Waals surface area contributed by atoms with Crippen LogP contribution in [0.5, 0.6) is 0 Å². The van der Waals surface area contributed by atoms with Gasteiger partial charge in [0.05, 0.1) is 6.54 Å². The molecule has 2 aliphatic carbocycles. The number of nitrogens with zero attached hydrogens (tertiary/aromatic N) is 1. The van der Waals surface area contributed by atoms with Crippen LogP contribution in [0.25, 0.3) is 10.9 Å². The summed E-state index contributed by atoms with van der Waals surface area (Å²) in [5, 5.41) is 7.40. The van der Waals surface area contributed by atoms with E-state index in [9.17, 15) is 9.59 Å². The van der Waals surface area contributed by atoms with Crippen LogP contribution < -0.4 is 16.4 Å². The van der Waals surface area contributed by atoms with Crippen LogP contribution in [0, 0.1) is 11.8 Å². The number of rotatable bonds is 7. The lowest BCUT2D eigenvalue weighted by Gasteiger charge is -2.40. The Bertz CT molecular complexity index is 1140. The summed E-state index contributed by atoms with van der Waals surface area (Å²) in [6, 6.07) is 8.18. The summed E-state index contributed by atoms with van der Waals surface area (Å²) in [7, 11) is 0. The molecule has 2 heterocycles. The van der Waals surface area contributed by atoms with Gasteiger partial charge in [-0.25, -0.2) is 0 Å². The number of nitrogens with two attached hydrogens (primary N) is 1. The van der Waals surface area contributed by atoms with Crippen molar-refractivity contribution in [2.45, 2.75) is 37.6 Å². The number of hydrogen-bond donors (Lipinski definition) is 4. The Morgan fingerprint density at radius 3 is 3.00 bits per heavy atom. The number of aromatic nitrogens is 1. The standard InChI is InChI=1S/C25H29N5O2/c26-24(32)25(11-9-22-19(13-25)18-6-2-4-8-21(18)29-22)30-23(31)15-27-12-10-16-14-28-20-7-3-1-5-17(16)20/h1-5,7-8,14,18-19,27-28H,6,9-13,15H2,(H2,26,32)(H,30,31). The number of allylic oxidation sites excluding steroid dienone is 4. The number of aromatic amines is 1. The van der Waals surface area contributed by atoms with Gasteiger partial charge in [0, 0.05) is 40.3 Å². The highest BCUT2D eigenvalue weighted by atomic mass is 16.2. The van der Waals surface area contributed by atoms with E-state index >= 15 is 0 Å². The minimum atomic E-state index is -1.00. The van der Waals surface area contributed by atoms with E-state index in [1.807, 2.05) is 24.4 Å². The maximum Gasteiger partial charge on any atom is 0.243 e. The average molecular weight is 432 g/mol. The third-order valence-electron chi connectivity index (χ3n) is 7.12. The Morgan fingerprint density at radius 1 is 1.25 bits per heavy atom. The van der Waals surface area contributed by atoms with E-state index < -0.39 is 11.4 Å². The summed E-state index contributed by atoms with van der Waals surface area (Å²) in [6.45, 7) is 0.821. The highest BCUT2D eigenvalue weighted by Gasteiger charge is 2.49. The van der Waals surface area contributed by atoms with Crippen molar-refractivity contribution in [1.82, 2.24) is 15.6 Å². The Hall–Kier alpha value is -3.19. The summed E-state index contributed by atoms with van der Waals surface area (Å²) in [6.07, 6.45) is 11.7. The molecule has 7 nitrogen and oxygen atoms in total. The number of carbonyl (C=O) groups excluding carboxylic acids is 2. The van der Waals surface area contributed by atoms with Crippen LogP contribution >= 0.6 is 0 Å². The number of nitrogens with one attached hydrogen (secondary N) is 3. The summed E-state index contributed by atoms with van der Waals surface area (Å²) < 4.78 is 0. The number of para-hydroxylation sites is 1. The van der Waals surface area contributed by atoms with Crippen LogP contribution in [-0.4, -0.2) is 41.1 Å². The maximum atomic E-state index is 12.7. The van der Waals surface area contributed by atoms with Gasteiger partial charge >= 0.3 is 0 Å². The summed E-state index contributed by atoms with van der Waals surface area (Å²) in [4.78, 5) is 33.3. The number of carbonyl (C=O) groups is 2. The van der Waals surface area contributed by atoms with E-state index in [1.54, 1.807) is 0 Å². The van der Waals surface area contributed by atoms with Gasteiger partial charge in [0.25, 0.3) is 0 Å². The molecule has 0 saturated heterocycles. The van der Waals surface area contributed by atoms with Crippen molar-refractivity contribution in [3.05, 3.63) is 60.0 Å². The zero-order valence-electron chi connectivity index (χ0n) is 18.1. The second kappa shape index (κ2) is 8.39. The Labute approximate surface area is 187 Å². The number of amides is 2. The van der Waals surface area contributed by atoms with Crippen LogP contribution in [0.3, 0.4) is 0 Å². The lowest BCUT2D eigenvalue weighted by molar-refractivity contribution is -0.132. The molecule has 1 aliphatic heterocycles. The molecule has 7 heteroatoms. The summed E-state index contributed by atoms with van der Waals surface area (Å²) >= 11 is 0. The van der Waals surface area contributed by atoms with Crippen molar-refractivity contribution in [3.63, 3.8) is 0 Å². The Kier molecular flexibility index (Phi) is 5.43. The van der Waals surface area contributed by atoms with Gasteiger partial charge < -0.3 is 21.4 Å². The van der Waals surface area contributed by atoms with E-state index in [4.69, 9.17) is 10.7 Å². The monoisotopic (exact) mass is 431 g/mol. The van der Waals surface area contributed by atoms with Gasteiger partial charge in [0.15, 0.2) is 0 Å². The molecule has 0 bridgehead atoms. The highest BCUT2D eigenvalue weighted by molar-refractivity contribution is 5.97. The largest absolute Gasteiger partial charge is 0.368 e. The van der Waals surface area contributed by atoms with E-state index in [-0.39, 0.29) is 18.4 Å². The topological polar surface area (TPSA) is 112 Å². The van der Waals surface area contributed by atoms with Crippen LogP contribution in [0.1, 0.15) is 31.2 Å². The van der Waals surface area contributed by atoms with Gasteiger partial charge in [0.1, 0.15) is 5.54 Å². The van der Waals surface area contributed by atoms with Crippen molar-refractivity contribution in [2.24, 2.45) is 22.6 Å². The molecule has 1 aromatic carbocycles. The number of aliphatic imine (C=N–C) groups is 1. The zero-order valence-corrected chi connectivity index (χ0v) is 18.1. The minimum Gasteiger partial charge on any atom is -0.368 e. The molecule has 166 valence electrons. The fraction of sp³-hybridized carbons (Fsp3) is 0.400. The van der Waals surface area contributed by atoms with Gasteiger partial charge in [-0.1, -0.05) is 30.4 Å². The Balaban J connectivity index is 1.17. The minimum absolute atomic E-state index is 0.153. The molecule has 5 rings (SSSR count). The predicted molar refractivity (Wildman–Crippen MR) is 125 cm³/mol. The molecule has 5 N–H and O–H groups in total. The molecule has 3 unspecified atom stereocenters. The second-order valence-corrected chi connectivity index (χ2v) is 9.06. The highest BCUT2D eigenvalue weighted by Crippen LogP contribution is 2.45. The van der Waals surface area contributed by atoms with E-state index in [0.717, 1.165) is 29.8 Å². The predicted octanol–water partition coefficient (Wildman–Crippen LogP) is 2.36. The molecule has 1 fully saturated rings. The molecule has 0 spiro atoms. The van der Waals surface area contributed by atoms with Crippen LogP contribution in [0.4, 0.5) is 0 Å². The van der Waals surface area contributed by atoms with Crippen molar-refractivity contribution in [1.29, 1.82) is 0 Å². The molecule has 2 amide bonds. The molecule has 0 radical (unpaired) electrons. The first kappa shape index (κ1) is 20.7. The molecular formula is C25H29N5O2. The summed E-state index contributed by atoms with van der Waals surface area (Å²) in [5.41, 5.74) is 9.39. The second-order valence-electron chi connectivity index (χ2n) is 9.06. The van der Waals surface area contributed by atoms with Gasteiger partial charge in [0.2, 0.25) is 11.8 Å². The van der Waals surface area contributed by atoms with Crippen molar-refractivity contribution in [2.75, 3.05) is 13.1 Å². The van der Waals surface area contributed by atoms with Gasteiger partial charge in [-0.2, -0.15) is 0 Å². The molecule has 2 aromatic rings. The lowest BCUT2D eigenvalue weighted by Crippen LogP contribution is -2.62. The Morgan fingerprint density at radius 2 is 2.12 bits per heavy atom. The number of hydrogen-bond acceptors (Lipinski definition) is 4. The lowest BCUT2D eigenvalue weighted by atomic mass is 9.69. The normalized spacial score (nSPS) is 26.2. The fourth-order valence-corrected chi connectivity index (χ4v) is 5.40. The van der Waals surface area contributed by atoms with E-state index in [1.165, 1.54) is 10.9 Å². The fourth-order valence-electron chi connectivity index (χ4n) is 5.40. The quantitative estimate of drug-likeness (QED) is 0.505. The van der Waals surface area contributed by atoms with Gasteiger partial charge in [-0.15, -0.1) is 0 Å². The molecular weight excluding hydrogens is 402 g/mol. The van der Waals surface area contributed by atoms with Crippen LogP contribution in [0.2, 0.25) is 0 Å². The van der Waals surface area contributed by atoms with Gasteiger partial charge in [-0.05, 0) is 56.4 Å². The molecule has 1 aromatic heterocycles. The zero-order chi connectivity index (χ0) is 22.1. The van der Waals surface area contributed by atoms with E-state index in [2.05, 4.69) is 39.9 Å². The van der Waals surface area contributed by atoms with Crippen molar-refractivity contribution < 1.29 is 9.59 Å². The number of H-pyrrole nitrogens is 1. The van der Waals surface area contributed by atoms with Crippen LogP contribution in [0.15, 0.2) is 59.4 Å². The molecule has 32 heavy (non-hydrogen) atoms. The first-order valence-electron chi connectivity index (χ1n) is 11.4. The number of fused-ring (bicyclic) bond motifs is 4. The third kappa shape index (κ3) is 3.77. The molecule has 3 aliphatic rings. The van der Waals surface area contributed by atoms with E-state index in [0.29, 0.717) is 31.7 Å². The molecule has 1 saturated carbocycles. The molecule has 3 atom stereocenters. The third-order valence-corrected chi connectivity index (χ3v) is 7.12. The van der Waals surface area contributed by atoms with Crippen LogP contribution in [-0.2, 0) is 16.0 Å². The number of benzene rings is 1. The van der Waals surface area contributed by atoms with Crippen molar-refractivity contribution >= 4 is 28.4 Å².